The Bertz CT molecular complexity index is 426. The molecule has 0 spiro atoms. The second-order valence-electron chi connectivity index (χ2n) is 4.79. The van der Waals surface area contributed by atoms with Crippen molar-refractivity contribution in [2.45, 2.75) is 32.7 Å². The van der Waals surface area contributed by atoms with Gasteiger partial charge in [-0.3, -0.25) is 4.79 Å². The van der Waals surface area contributed by atoms with Crippen molar-refractivity contribution in [3.63, 3.8) is 0 Å². The average Bonchev–Trinajstić information content (AvgIpc) is 2.47. The summed E-state index contributed by atoms with van der Waals surface area (Å²) in [5.41, 5.74) is 0.904. The smallest absolute Gasteiger partial charge is 0.184 e. The predicted molar refractivity (Wildman–Crippen MR) is 71.0 cm³/mol. The van der Waals surface area contributed by atoms with Gasteiger partial charge in [0.1, 0.15) is 11.9 Å². The molecule has 104 valence electrons. The molecule has 0 unspecified atom stereocenters. The highest BCUT2D eigenvalue weighted by Gasteiger charge is 2.33. The number of hydrogen-bond donors (Lipinski definition) is 0. The number of ketones is 1. The van der Waals surface area contributed by atoms with Crippen molar-refractivity contribution in [3.8, 4) is 5.75 Å². The van der Waals surface area contributed by atoms with E-state index < -0.39 is 6.29 Å². The van der Waals surface area contributed by atoms with Crippen LogP contribution in [0.25, 0.3) is 0 Å². The van der Waals surface area contributed by atoms with E-state index in [4.69, 9.17) is 14.2 Å². The lowest BCUT2D eigenvalue weighted by Crippen LogP contribution is -2.39. The molecule has 19 heavy (non-hydrogen) atoms. The van der Waals surface area contributed by atoms with Crippen LogP contribution in [0.15, 0.2) is 24.3 Å². The van der Waals surface area contributed by atoms with Crippen LogP contribution in [0, 0.1) is 5.92 Å². The monoisotopic (exact) mass is 264 g/mol. The summed E-state index contributed by atoms with van der Waals surface area (Å²) in [6, 6.07) is 7.51. The van der Waals surface area contributed by atoms with E-state index in [0.29, 0.717) is 13.0 Å². The molecule has 1 saturated heterocycles. The molecule has 0 bridgehead atoms. The fraction of sp³-hybridized carbons (Fsp3) is 0.533. The maximum atomic E-state index is 11.9. The number of carbonyl (C=O) groups excluding carboxylic acids is 1. The van der Waals surface area contributed by atoms with Gasteiger partial charge in [-0.15, -0.1) is 0 Å². The van der Waals surface area contributed by atoms with Gasteiger partial charge in [0.15, 0.2) is 12.1 Å². The van der Waals surface area contributed by atoms with Crippen molar-refractivity contribution < 1.29 is 19.0 Å². The molecule has 0 N–H and O–H groups in total. The molecule has 4 nitrogen and oxygen atoms in total. The first-order chi connectivity index (χ1) is 9.15. The molecule has 4 heteroatoms. The van der Waals surface area contributed by atoms with Crippen molar-refractivity contribution in [1.82, 2.24) is 0 Å². The molecule has 0 amide bonds. The lowest BCUT2D eigenvalue weighted by Gasteiger charge is -2.34. The molecule has 1 fully saturated rings. The molecule has 1 aromatic rings. The molecule has 3 atom stereocenters. The third-order valence-corrected chi connectivity index (χ3v) is 3.35. The molecule has 1 aliphatic heterocycles. The third kappa shape index (κ3) is 3.14. The molecule has 0 aromatic heterocycles. The van der Waals surface area contributed by atoms with E-state index >= 15 is 0 Å². The highest BCUT2D eigenvalue weighted by molar-refractivity contribution is 5.83. The van der Waals surface area contributed by atoms with Crippen LogP contribution in [0.3, 0.4) is 0 Å². The van der Waals surface area contributed by atoms with Crippen molar-refractivity contribution in [1.29, 1.82) is 0 Å². The van der Waals surface area contributed by atoms with E-state index in [1.165, 1.54) is 0 Å². The Hall–Kier alpha value is -1.39. The van der Waals surface area contributed by atoms with Crippen LogP contribution < -0.4 is 4.74 Å². The van der Waals surface area contributed by atoms with E-state index in [-0.39, 0.29) is 17.8 Å². The van der Waals surface area contributed by atoms with Crippen LogP contribution in [0.5, 0.6) is 5.75 Å². The Morgan fingerprint density at radius 3 is 2.63 bits per heavy atom. The zero-order valence-corrected chi connectivity index (χ0v) is 11.6. The lowest BCUT2D eigenvalue weighted by atomic mass is 9.99. The maximum absolute atomic E-state index is 11.9. The number of ether oxygens (including phenoxy) is 3. The first-order valence-electron chi connectivity index (χ1n) is 6.59. The number of Topliss-reactive ketones (excluding diaryl/α,β-unsaturated/α-hetero) is 1. The van der Waals surface area contributed by atoms with Gasteiger partial charge in [0.05, 0.1) is 13.7 Å². The van der Waals surface area contributed by atoms with Gasteiger partial charge in [-0.2, -0.15) is 0 Å². The second-order valence-corrected chi connectivity index (χ2v) is 4.79. The molecular formula is C15H20O4. The molecule has 1 aromatic carbocycles. The van der Waals surface area contributed by atoms with E-state index in [2.05, 4.69) is 0 Å². The largest absolute Gasteiger partial charge is 0.497 e. The predicted octanol–water partition coefficient (Wildman–Crippen LogP) is 2.72. The van der Waals surface area contributed by atoms with Crippen LogP contribution in [-0.4, -0.2) is 25.6 Å². The molecule has 2 rings (SSSR count). The van der Waals surface area contributed by atoms with Gasteiger partial charge < -0.3 is 14.2 Å². The number of carbonyl (C=O) groups is 1. The number of benzene rings is 1. The van der Waals surface area contributed by atoms with Crippen LogP contribution in [0.4, 0.5) is 0 Å². The summed E-state index contributed by atoms with van der Waals surface area (Å²) < 4.78 is 16.6. The fourth-order valence-corrected chi connectivity index (χ4v) is 2.16. The summed E-state index contributed by atoms with van der Waals surface area (Å²) in [7, 11) is 1.63. The Kier molecular flexibility index (Phi) is 4.56. The highest BCUT2D eigenvalue weighted by Crippen LogP contribution is 2.30. The van der Waals surface area contributed by atoms with Gasteiger partial charge in [-0.1, -0.05) is 26.0 Å². The van der Waals surface area contributed by atoms with Gasteiger partial charge in [-0.05, 0) is 12.1 Å². The van der Waals surface area contributed by atoms with Gasteiger partial charge in [0.2, 0.25) is 0 Å². The minimum Gasteiger partial charge on any atom is -0.497 e. The zero-order valence-electron chi connectivity index (χ0n) is 11.6. The van der Waals surface area contributed by atoms with Crippen LogP contribution in [-0.2, 0) is 14.3 Å². The van der Waals surface area contributed by atoms with Crippen molar-refractivity contribution in [2.24, 2.45) is 5.92 Å². The van der Waals surface area contributed by atoms with Crippen molar-refractivity contribution in [3.05, 3.63) is 29.8 Å². The van der Waals surface area contributed by atoms with Crippen LogP contribution >= 0.6 is 0 Å². The molecular weight excluding hydrogens is 244 g/mol. The normalized spacial score (nSPS) is 27.0. The van der Waals surface area contributed by atoms with Gasteiger partial charge in [0.25, 0.3) is 0 Å². The third-order valence-electron chi connectivity index (χ3n) is 3.35. The zero-order chi connectivity index (χ0) is 13.8. The quantitative estimate of drug-likeness (QED) is 0.838. The maximum Gasteiger partial charge on any atom is 0.184 e. The summed E-state index contributed by atoms with van der Waals surface area (Å²) in [4.78, 5) is 11.9. The summed E-state index contributed by atoms with van der Waals surface area (Å²) >= 11 is 0. The lowest BCUT2D eigenvalue weighted by molar-refractivity contribution is -0.234. The SMILES string of the molecule is CCC(=O)[C@H]1O[C@@H](c2ccc(OC)cc2)OC[C@H]1C. The first kappa shape index (κ1) is 14.0. The minimum absolute atomic E-state index is 0.0990. The summed E-state index contributed by atoms with van der Waals surface area (Å²) in [5.74, 6) is 1.02. The number of methoxy groups -OCH3 is 1. The number of rotatable bonds is 4. The van der Waals surface area contributed by atoms with Crippen LogP contribution in [0.1, 0.15) is 32.1 Å². The number of hydrogen-bond acceptors (Lipinski definition) is 4. The average molecular weight is 264 g/mol. The fourth-order valence-electron chi connectivity index (χ4n) is 2.16. The first-order valence-corrected chi connectivity index (χ1v) is 6.59. The molecule has 1 aliphatic rings. The van der Waals surface area contributed by atoms with Crippen molar-refractivity contribution >= 4 is 5.78 Å². The molecule has 0 radical (unpaired) electrons. The van der Waals surface area contributed by atoms with Gasteiger partial charge in [0, 0.05) is 17.9 Å². The van der Waals surface area contributed by atoms with E-state index in [1.807, 2.05) is 38.1 Å². The molecule has 1 heterocycles. The topological polar surface area (TPSA) is 44.8 Å². The Morgan fingerprint density at radius 1 is 1.37 bits per heavy atom. The van der Waals surface area contributed by atoms with Gasteiger partial charge in [-0.25, -0.2) is 0 Å². The second kappa shape index (κ2) is 6.17. The Balaban J connectivity index is 2.10. The van der Waals surface area contributed by atoms with E-state index in [1.54, 1.807) is 7.11 Å². The van der Waals surface area contributed by atoms with E-state index in [0.717, 1.165) is 11.3 Å². The van der Waals surface area contributed by atoms with Crippen LogP contribution in [0.2, 0.25) is 0 Å². The summed E-state index contributed by atoms with van der Waals surface area (Å²) in [6.45, 7) is 4.37. The molecule has 0 saturated carbocycles. The summed E-state index contributed by atoms with van der Waals surface area (Å²) in [6.07, 6.45) is -0.349. The minimum atomic E-state index is -0.470. The van der Waals surface area contributed by atoms with Gasteiger partial charge >= 0.3 is 0 Å². The van der Waals surface area contributed by atoms with Crippen molar-refractivity contribution in [2.75, 3.05) is 13.7 Å². The molecule has 0 aliphatic carbocycles. The highest BCUT2D eigenvalue weighted by atomic mass is 16.7. The summed E-state index contributed by atoms with van der Waals surface area (Å²) in [5, 5.41) is 0. The Labute approximate surface area is 113 Å². The standard InChI is InChI=1S/C15H20O4/c1-4-13(16)14-10(2)9-18-15(19-14)11-5-7-12(17-3)8-6-11/h5-8,10,14-15H,4,9H2,1-3H3/t10-,14+,15+/m1/s1. The Morgan fingerprint density at radius 2 is 2.05 bits per heavy atom. The van der Waals surface area contributed by atoms with E-state index in [9.17, 15) is 4.79 Å².